The smallest absolute Gasteiger partial charge is 0.328 e. The maximum atomic E-state index is 12.7. The Bertz CT molecular complexity index is 972. The Kier molecular flexibility index (Phi) is 5.17. The highest BCUT2D eigenvalue weighted by atomic mass is 32.1. The van der Waals surface area contributed by atoms with Gasteiger partial charge in [-0.05, 0) is 17.9 Å². The molecule has 1 aliphatic heterocycles. The molecule has 0 bridgehead atoms. The largest absolute Gasteiger partial charge is 0.339 e. The van der Waals surface area contributed by atoms with Gasteiger partial charge < -0.3 is 14.4 Å². The van der Waals surface area contributed by atoms with Crippen LogP contribution < -0.4 is 11.2 Å². The average Bonchev–Trinajstić information content (AvgIpc) is 3.31. The summed E-state index contributed by atoms with van der Waals surface area (Å²) in [5.41, 5.74) is -0.967. The fourth-order valence-electron chi connectivity index (χ4n) is 3.69. The molecule has 2 aromatic rings. The summed E-state index contributed by atoms with van der Waals surface area (Å²) in [4.78, 5) is 54.9. The normalized spacial score (nSPS) is 21.6. The summed E-state index contributed by atoms with van der Waals surface area (Å²) >= 11 is 1.70. The van der Waals surface area contributed by atoms with Crippen LogP contribution >= 0.6 is 11.3 Å². The second-order valence-electron chi connectivity index (χ2n) is 7.22. The molecule has 1 aliphatic carbocycles. The van der Waals surface area contributed by atoms with E-state index in [4.69, 9.17) is 0 Å². The predicted molar refractivity (Wildman–Crippen MR) is 104 cm³/mol. The lowest BCUT2D eigenvalue weighted by molar-refractivity contribution is -0.140. The van der Waals surface area contributed by atoms with Crippen LogP contribution in [0.2, 0.25) is 0 Å². The zero-order chi connectivity index (χ0) is 19.7. The van der Waals surface area contributed by atoms with Crippen molar-refractivity contribution in [2.24, 2.45) is 5.92 Å². The molecule has 1 N–H and O–H groups in total. The number of carbonyl (C=O) groups excluding carboxylic acids is 2. The van der Waals surface area contributed by atoms with E-state index in [1.54, 1.807) is 16.2 Å². The minimum Gasteiger partial charge on any atom is -0.339 e. The van der Waals surface area contributed by atoms with Gasteiger partial charge in [0.25, 0.3) is 5.56 Å². The van der Waals surface area contributed by atoms with Crippen molar-refractivity contribution >= 4 is 23.2 Å². The summed E-state index contributed by atoms with van der Waals surface area (Å²) in [7, 11) is 0. The number of thiophene rings is 1. The summed E-state index contributed by atoms with van der Waals surface area (Å²) in [5.74, 6) is 0.606. The van der Waals surface area contributed by atoms with Crippen molar-refractivity contribution in [3.63, 3.8) is 0 Å². The molecule has 3 heterocycles. The minimum atomic E-state index is -0.513. The maximum absolute atomic E-state index is 12.7. The van der Waals surface area contributed by atoms with E-state index in [2.05, 4.69) is 11.1 Å². The first-order valence-electron chi connectivity index (χ1n) is 9.42. The molecule has 9 heteroatoms. The van der Waals surface area contributed by atoms with Gasteiger partial charge in [0.15, 0.2) is 0 Å². The molecule has 1 saturated carbocycles. The number of amides is 2. The number of nitrogens with one attached hydrogen (secondary N) is 1. The molecule has 0 spiro atoms. The van der Waals surface area contributed by atoms with Gasteiger partial charge in [0.1, 0.15) is 0 Å². The van der Waals surface area contributed by atoms with Gasteiger partial charge in [-0.1, -0.05) is 6.07 Å². The molecule has 2 atom stereocenters. The van der Waals surface area contributed by atoms with Gasteiger partial charge in [0, 0.05) is 68.1 Å². The summed E-state index contributed by atoms with van der Waals surface area (Å²) in [5, 5.41) is 2.04. The first-order chi connectivity index (χ1) is 13.5. The highest BCUT2D eigenvalue weighted by molar-refractivity contribution is 7.10. The molecule has 2 aliphatic rings. The van der Waals surface area contributed by atoms with Crippen molar-refractivity contribution in [1.82, 2.24) is 19.4 Å². The molecule has 1 saturated heterocycles. The number of H-pyrrole nitrogens is 1. The lowest BCUT2D eigenvalue weighted by Crippen LogP contribution is -2.51. The third-order valence-corrected chi connectivity index (χ3v) is 6.43. The lowest BCUT2D eigenvalue weighted by atomic mass is 10.2. The summed E-state index contributed by atoms with van der Waals surface area (Å²) in [6, 6.07) is 5.37. The molecular formula is C19H22N4O4S. The monoisotopic (exact) mass is 402 g/mol. The van der Waals surface area contributed by atoms with Crippen LogP contribution in [0, 0.1) is 5.92 Å². The molecule has 4 rings (SSSR count). The van der Waals surface area contributed by atoms with Crippen molar-refractivity contribution in [1.29, 1.82) is 0 Å². The third kappa shape index (κ3) is 3.94. The van der Waals surface area contributed by atoms with Gasteiger partial charge in [-0.25, -0.2) is 4.79 Å². The number of aryl methyl sites for hydroxylation is 1. The van der Waals surface area contributed by atoms with Crippen LogP contribution in [0.15, 0.2) is 39.4 Å². The fourth-order valence-corrected chi connectivity index (χ4v) is 4.60. The Morgan fingerprint density at radius 1 is 1.11 bits per heavy atom. The van der Waals surface area contributed by atoms with Gasteiger partial charge >= 0.3 is 5.69 Å². The quantitative estimate of drug-likeness (QED) is 0.786. The van der Waals surface area contributed by atoms with Crippen molar-refractivity contribution in [2.75, 3.05) is 26.2 Å². The van der Waals surface area contributed by atoms with Crippen molar-refractivity contribution in [3.8, 4) is 0 Å². The molecule has 0 aromatic carbocycles. The molecule has 8 nitrogen and oxygen atoms in total. The fraction of sp³-hybridized carbons (Fsp3) is 0.474. The van der Waals surface area contributed by atoms with Gasteiger partial charge in [-0.15, -0.1) is 11.3 Å². The van der Waals surface area contributed by atoms with Crippen LogP contribution in [0.4, 0.5) is 0 Å². The number of hydrogen-bond donors (Lipinski definition) is 1. The zero-order valence-electron chi connectivity index (χ0n) is 15.4. The van der Waals surface area contributed by atoms with Gasteiger partial charge in [0.2, 0.25) is 11.8 Å². The van der Waals surface area contributed by atoms with E-state index in [0.717, 1.165) is 6.42 Å². The third-order valence-electron chi connectivity index (χ3n) is 5.42. The minimum absolute atomic E-state index is 0.0481. The van der Waals surface area contributed by atoms with E-state index in [9.17, 15) is 19.2 Å². The maximum Gasteiger partial charge on any atom is 0.328 e. The van der Waals surface area contributed by atoms with E-state index in [-0.39, 0.29) is 30.7 Å². The van der Waals surface area contributed by atoms with Crippen LogP contribution in [0.5, 0.6) is 0 Å². The van der Waals surface area contributed by atoms with Crippen LogP contribution in [-0.4, -0.2) is 57.3 Å². The zero-order valence-corrected chi connectivity index (χ0v) is 16.2. The Balaban J connectivity index is 1.25. The number of hydrogen-bond acceptors (Lipinski definition) is 5. The molecule has 2 aromatic heterocycles. The molecule has 148 valence electrons. The topological polar surface area (TPSA) is 95.5 Å². The number of piperazine rings is 1. The van der Waals surface area contributed by atoms with Crippen LogP contribution in [0.1, 0.15) is 23.6 Å². The molecule has 2 amide bonds. The van der Waals surface area contributed by atoms with Crippen molar-refractivity contribution < 1.29 is 9.59 Å². The van der Waals surface area contributed by atoms with Crippen molar-refractivity contribution in [2.45, 2.75) is 25.3 Å². The van der Waals surface area contributed by atoms with E-state index < -0.39 is 11.2 Å². The number of carbonyl (C=O) groups is 2. The SMILES string of the molecule is O=C(CCn1ccc(=O)[nH]c1=O)N1CCN(C(=O)[C@H]2C[C@H]2c2cccs2)CC1. The molecule has 28 heavy (non-hydrogen) atoms. The van der Waals surface area contributed by atoms with Gasteiger partial charge in [-0.3, -0.25) is 19.4 Å². The predicted octanol–water partition coefficient (Wildman–Crippen LogP) is 0.463. The first kappa shape index (κ1) is 18.7. The molecular weight excluding hydrogens is 380 g/mol. The second-order valence-corrected chi connectivity index (χ2v) is 8.20. The van der Waals surface area contributed by atoms with Crippen LogP contribution in [-0.2, 0) is 16.1 Å². The number of nitrogens with zero attached hydrogens (tertiary/aromatic N) is 3. The second kappa shape index (κ2) is 7.75. The number of aromatic amines is 1. The Labute approximate surface area is 165 Å². The standard InChI is InChI=1S/C19H22N4O4S/c24-16-3-5-23(19(27)20-16)6-4-17(25)21-7-9-22(10-8-21)18(26)14-12-13(14)15-2-1-11-28-15/h1-3,5,11,13-14H,4,6-10,12H2,(H,20,24,27)/t13-,14+/m1/s1. The Hall–Kier alpha value is -2.68. The summed E-state index contributed by atoms with van der Waals surface area (Å²) in [6.07, 6.45) is 2.50. The van der Waals surface area contributed by atoms with E-state index in [1.807, 2.05) is 16.3 Å². The van der Waals surface area contributed by atoms with E-state index in [0.29, 0.717) is 32.1 Å². The lowest BCUT2D eigenvalue weighted by Gasteiger charge is -2.35. The van der Waals surface area contributed by atoms with Crippen LogP contribution in [0.25, 0.3) is 0 Å². The highest BCUT2D eigenvalue weighted by Gasteiger charge is 2.46. The molecule has 0 unspecified atom stereocenters. The van der Waals surface area contributed by atoms with Crippen molar-refractivity contribution in [3.05, 3.63) is 55.5 Å². The van der Waals surface area contributed by atoms with Crippen LogP contribution in [0.3, 0.4) is 0 Å². The summed E-state index contributed by atoms with van der Waals surface area (Å²) < 4.78 is 1.32. The van der Waals surface area contributed by atoms with E-state index >= 15 is 0 Å². The Morgan fingerprint density at radius 2 is 1.86 bits per heavy atom. The number of rotatable bonds is 5. The number of aromatic nitrogens is 2. The van der Waals surface area contributed by atoms with Gasteiger partial charge in [0.05, 0.1) is 0 Å². The van der Waals surface area contributed by atoms with Gasteiger partial charge in [-0.2, -0.15) is 0 Å². The first-order valence-corrected chi connectivity index (χ1v) is 10.3. The highest BCUT2D eigenvalue weighted by Crippen LogP contribution is 2.50. The average molecular weight is 402 g/mol. The van der Waals surface area contributed by atoms with E-state index in [1.165, 1.54) is 21.7 Å². The molecule has 2 fully saturated rings. The summed E-state index contributed by atoms with van der Waals surface area (Å²) in [6.45, 7) is 2.36. The molecule has 0 radical (unpaired) electrons. The Morgan fingerprint density at radius 3 is 2.54 bits per heavy atom.